The summed E-state index contributed by atoms with van der Waals surface area (Å²) >= 11 is 3.51. The van der Waals surface area contributed by atoms with Gasteiger partial charge in [0.05, 0.1) is 23.9 Å². The van der Waals surface area contributed by atoms with Crippen LogP contribution in [0.3, 0.4) is 0 Å². The van der Waals surface area contributed by atoms with Gasteiger partial charge in [-0.25, -0.2) is 13.4 Å². The molecule has 0 aromatic carbocycles. The fourth-order valence-electron chi connectivity index (χ4n) is 3.64. The average Bonchev–Trinajstić information content (AvgIpc) is 3.37. The monoisotopic (exact) mass is 502 g/mol. The van der Waals surface area contributed by atoms with E-state index in [2.05, 4.69) is 31.1 Å². The zero-order chi connectivity index (χ0) is 21.8. The van der Waals surface area contributed by atoms with E-state index < -0.39 is 9.84 Å². The van der Waals surface area contributed by atoms with Gasteiger partial charge in [0.15, 0.2) is 15.5 Å². The molecule has 31 heavy (non-hydrogen) atoms. The molecule has 160 valence electrons. The standard InChI is InChI=1S/C19H19BrN8O2S/c1-26-11-14(9-23-26)12-6-13(8-22-7-12)15-10-24-28-17(21)16(20)19(25-18(15)28)27-2-4-31(29,30)5-3-27/h6-11H,2-5,21H2,1H3. The molecular formula is C19H19BrN8O2S. The number of nitrogens with two attached hydrogens (primary N) is 1. The van der Waals surface area contributed by atoms with Crippen molar-refractivity contribution in [3.8, 4) is 22.3 Å². The van der Waals surface area contributed by atoms with Crippen molar-refractivity contribution < 1.29 is 8.42 Å². The second-order valence-corrected chi connectivity index (χ2v) is 10.5. The lowest BCUT2D eigenvalue weighted by Crippen LogP contribution is -2.41. The highest BCUT2D eigenvalue weighted by molar-refractivity contribution is 9.10. The lowest BCUT2D eigenvalue weighted by atomic mass is 10.1. The summed E-state index contributed by atoms with van der Waals surface area (Å²) in [6.07, 6.45) is 8.95. The summed E-state index contributed by atoms with van der Waals surface area (Å²) in [5.41, 5.74) is 10.4. The lowest BCUT2D eigenvalue weighted by Gasteiger charge is -2.28. The number of hydrogen-bond donors (Lipinski definition) is 1. The van der Waals surface area contributed by atoms with Crippen LogP contribution < -0.4 is 10.6 Å². The molecule has 0 saturated carbocycles. The SMILES string of the molecule is Cn1cc(-c2cncc(-c3cnn4c(N)c(Br)c(N5CCS(=O)(=O)CC5)nc34)c2)cn1. The first-order valence-corrected chi connectivity index (χ1v) is 12.2. The van der Waals surface area contributed by atoms with E-state index >= 15 is 0 Å². The third kappa shape index (κ3) is 3.55. The van der Waals surface area contributed by atoms with Crippen molar-refractivity contribution in [1.82, 2.24) is 29.4 Å². The molecule has 1 aliphatic rings. The fourth-order valence-corrected chi connectivity index (χ4v) is 5.34. The molecule has 4 aromatic rings. The Labute approximate surface area is 186 Å². The van der Waals surface area contributed by atoms with E-state index in [-0.39, 0.29) is 11.5 Å². The molecule has 0 spiro atoms. The highest BCUT2D eigenvalue weighted by atomic mass is 79.9. The van der Waals surface area contributed by atoms with Crippen LogP contribution in [0.5, 0.6) is 0 Å². The summed E-state index contributed by atoms with van der Waals surface area (Å²) in [5, 5.41) is 8.63. The van der Waals surface area contributed by atoms with Gasteiger partial charge in [-0.2, -0.15) is 14.7 Å². The Bertz CT molecular complexity index is 1400. The zero-order valence-corrected chi connectivity index (χ0v) is 19.0. The van der Waals surface area contributed by atoms with Crippen molar-refractivity contribution in [2.24, 2.45) is 7.05 Å². The molecule has 0 aliphatic carbocycles. The minimum atomic E-state index is -3.01. The zero-order valence-electron chi connectivity index (χ0n) is 16.6. The first-order chi connectivity index (χ1) is 14.8. The van der Waals surface area contributed by atoms with Gasteiger partial charge in [-0.15, -0.1) is 0 Å². The van der Waals surface area contributed by atoms with Crippen molar-refractivity contribution in [3.05, 3.63) is 41.5 Å². The maximum absolute atomic E-state index is 11.8. The van der Waals surface area contributed by atoms with Gasteiger partial charge in [-0.05, 0) is 22.0 Å². The van der Waals surface area contributed by atoms with Crippen LogP contribution >= 0.6 is 15.9 Å². The van der Waals surface area contributed by atoms with Crippen molar-refractivity contribution in [2.45, 2.75) is 0 Å². The second-order valence-electron chi connectivity index (χ2n) is 7.43. The van der Waals surface area contributed by atoms with E-state index in [1.54, 1.807) is 34.0 Å². The molecule has 0 atom stereocenters. The molecule has 0 unspecified atom stereocenters. The Morgan fingerprint density at radius 1 is 1.03 bits per heavy atom. The van der Waals surface area contributed by atoms with Crippen LogP contribution in [-0.2, 0) is 16.9 Å². The van der Waals surface area contributed by atoms with Gasteiger partial charge in [0.25, 0.3) is 0 Å². The third-order valence-electron chi connectivity index (χ3n) is 5.34. The first-order valence-electron chi connectivity index (χ1n) is 9.55. The fraction of sp³-hybridized carbons (Fsp3) is 0.263. The minimum Gasteiger partial charge on any atom is -0.383 e. The van der Waals surface area contributed by atoms with E-state index in [0.29, 0.717) is 34.8 Å². The van der Waals surface area contributed by atoms with Gasteiger partial charge in [0, 0.05) is 61.0 Å². The number of halogens is 1. The quantitative estimate of drug-likeness (QED) is 0.449. The van der Waals surface area contributed by atoms with E-state index in [0.717, 1.165) is 22.3 Å². The maximum Gasteiger partial charge on any atom is 0.167 e. The number of rotatable bonds is 3. The highest BCUT2D eigenvalue weighted by Gasteiger charge is 2.26. The molecule has 5 heterocycles. The third-order valence-corrected chi connectivity index (χ3v) is 7.71. The number of nitrogens with zero attached hydrogens (tertiary/aromatic N) is 7. The summed E-state index contributed by atoms with van der Waals surface area (Å²) in [5.74, 6) is 1.19. The summed E-state index contributed by atoms with van der Waals surface area (Å²) in [6.45, 7) is 0.732. The lowest BCUT2D eigenvalue weighted by molar-refractivity contribution is 0.586. The Hall–Kier alpha value is -2.99. The predicted octanol–water partition coefficient (Wildman–Crippen LogP) is 1.77. The molecule has 1 saturated heterocycles. The summed E-state index contributed by atoms with van der Waals surface area (Å²) in [6, 6.07) is 2.01. The Balaban J connectivity index is 1.60. The van der Waals surface area contributed by atoms with Gasteiger partial charge in [0.2, 0.25) is 0 Å². The predicted molar refractivity (Wildman–Crippen MR) is 121 cm³/mol. The number of aromatic nitrogens is 6. The highest BCUT2D eigenvalue weighted by Crippen LogP contribution is 2.35. The first kappa shape index (κ1) is 19.9. The second kappa shape index (κ2) is 7.31. The molecule has 1 aliphatic heterocycles. The van der Waals surface area contributed by atoms with E-state index in [1.807, 2.05) is 24.2 Å². The van der Waals surface area contributed by atoms with E-state index in [4.69, 9.17) is 10.7 Å². The molecule has 0 bridgehead atoms. The van der Waals surface area contributed by atoms with Crippen LogP contribution in [0.2, 0.25) is 0 Å². The number of hydrogen-bond acceptors (Lipinski definition) is 8. The number of aryl methyl sites for hydroxylation is 1. The Kier molecular flexibility index (Phi) is 4.70. The van der Waals surface area contributed by atoms with Crippen LogP contribution in [-0.4, -0.2) is 62.4 Å². The summed E-state index contributed by atoms with van der Waals surface area (Å²) in [4.78, 5) is 11.1. The molecule has 10 nitrogen and oxygen atoms in total. The number of sulfone groups is 1. The number of pyridine rings is 1. The van der Waals surface area contributed by atoms with E-state index in [9.17, 15) is 8.42 Å². The largest absolute Gasteiger partial charge is 0.383 e. The minimum absolute atomic E-state index is 0.0927. The van der Waals surface area contributed by atoms with Crippen LogP contribution in [0.1, 0.15) is 0 Å². The normalized spacial score (nSPS) is 16.1. The van der Waals surface area contributed by atoms with Gasteiger partial charge < -0.3 is 10.6 Å². The summed E-state index contributed by atoms with van der Waals surface area (Å²) in [7, 11) is -1.14. The molecule has 0 amide bonds. The smallest absolute Gasteiger partial charge is 0.167 e. The molecule has 4 aromatic heterocycles. The molecule has 1 fully saturated rings. The molecule has 5 rings (SSSR count). The van der Waals surface area contributed by atoms with Crippen LogP contribution in [0, 0.1) is 0 Å². The van der Waals surface area contributed by atoms with Gasteiger partial charge in [0.1, 0.15) is 16.1 Å². The molecule has 0 radical (unpaired) electrons. The molecule has 2 N–H and O–H groups in total. The van der Waals surface area contributed by atoms with Crippen LogP contribution in [0.15, 0.2) is 41.5 Å². The van der Waals surface area contributed by atoms with Crippen molar-refractivity contribution in [2.75, 3.05) is 35.2 Å². The Morgan fingerprint density at radius 3 is 2.48 bits per heavy atom. The topological polar surface area (TPSA) is 124 Å². The number of anilines is 2. The molecular weight excluding hydrogens is 484 g/mol. The van der Waals surface area contributed by atoms with Crippen molar-refractivity contribution >= 4 is 43.1 Å². The van der Waals surface area contributed by atoms with Crippen LogP contribution in [0.25, 0.3) is 27.9 Å². The Morgan fingerprint density at radius 2 is 1.77 bits per heavy atom. The van der Waals surface area contributed by atoms with Gasteiger partial charge >= 0.3 is 0 Å². The number of nitrogen functional groups attached to an aromatic ring is 1. The summed E-state index contributed by atoms with van der Waals surface area (Å²) < 4.78 is 27.6. The molecule has 12 heteroatoms. The maximum atomic E-state index is 11.8. The van der Waals surface area contributed by atoms with Gasteiger partial charge in [-0.3, -0.25) is 9.67 Å². The van der Waals surface area contributed by atoms with Crippen molar-refractivity contribution in [3.63, 3.8) is 0 Å². The van der Waals surface area contributed by atoms with E-state index in [1.165, 1.54) is 0 Å². The van der Waals surface area contributed by atoms with Crippen molar-refractivity contribution in [1.29, 1.82) is 0 Å². The average molecular weight is 503 g/mol. The number of fused-ring (bicyclic) bond motifs is 1. The van der Waals surface area contributed by atoms with Gasteiger partial charge in [-0.1, -0.05) is 0 Å². The van der Waals surface area contributed by atoms with Crippen LogP contribution in [0.4, 0.5) is 11.6 Å².